The number of anilines is 2. The number of nitrogens with one attached hydrogen (secondary N) is 1. The van der Waals surface area contributed by atoms with Crippen molar-refractivity contribution in [3.8, 4) is 5.69 Å². The first-order valence-corrected chi connectivity index (χ1v) is 9.89. The topological polar surface area (TPSA) is 119 Å². The lowest BCUT2D eigenvalue weighted by Crippen LogP contribution is -2.21. The van der Waals surface area contributed by atoms with Crippen molar-refractivity contribution >= 4 is 28.4 Å². The molecule has 2 aromatic carbocycles. The molecule has 4 N–H and O–H groups in total. The summed E-state index contributed by atoms with van der Waals surface area (Å²) in [6.45, 7) is 3.54. The van der Waals surface area contributed by atoms with Gasteiger partial charge < -0.3 is 16.2 Å². The summed E-state index contributed by atoms with van der Waals surface area (Å²) in [5, 5.41) is 17.1. The van der Waals surface area contributed by atoms with Crippen LogP contribution in [0, 0.1) is 19.7 Å². The van der Waals surface area contributed by atoms with Crippen LogP contribution in [0.2, 0.25) is 0 Å². The van der Waals surface area contributed by atoms with Crippen molar-refractivity contribution in [3.63, 3.8) is 0 Å². The molecule has 0 saturated heterocycles. The third-order valence-electron chi connectivity index (χ3n) is 5.21. The molecule has 1 atom stereocenters. The van der Waals surface area contributed by atoms with E-state index in [1.807, 2.05) is 0 Å². The lowest BCUT2D eigenvalue weighted by Gasteiger charge is -2.15. The summed E-state index contributed by atoms with van der Waals surface area (Å²) in [5.74, 6) is -2.28. The van der Waals surface area contributed by atoms with Crippen molar-refractivity contribution in [2.75, 3.05) is 11.1 Å². The Balaban J connectivity index is 1.58. The number of hydrogen-bond donors (Lipinski definition) is 3. The molecule has 2 aromatic heterocycles. The number of nitrogen functional groups attached to an aromatic ring is 1. The molecule has 8 nitrogen and oxygen atoms in total. The van der Waals surface area contributed by atoms with Crippen molar-refractivity contribution in [2.24, 2.45) is 0 Å². The average molecular weight is 474 g/mol. The van der Waals surface area contributed by atoms with Crippen LogP contribution in [0.5, 0.6) is 0 Å². The van der Waals surface area contributed by atoms with Gasteiger partial charge in [0.15, 0.2) is 11.9 Å². The number of amides is 1. The summed E-state index contributed by atoms with van der Waals surface area (Å²) >= 11 is 0. The third kappa shape index (κ3) is 4.15. The summed E-state index contributed by atoms with van der Waals surface area (Å²) in [5.41, 5.74) is 7.59. The summed E-state index contributed by atoms with van der Waals surface area (Å²) in [7, 11) is 0. The molecule has 0 fully saturated rings. The van der Waals surface area contributed by atoms with E-state index in [1.54, 1.807) is 36.7 Å². The number of rotatable bonds is 4. The minimum Gasteiger partial charge on any atom is -0.382 e. The quantitative estimate of drug-likeness (QED) is 0.387. The number of aliphatic hydroxyl groups excluding tert-OH is 1. The fraction of sp³-hybridized carbons (Fsp3) is 0.182. The monoisotopic (exact) mass is 474 g/mol. The lowest BCUT2D eigenvalue weighted by molar-refractivity contribution is -0.140. The smallest absolute Gasteiger partial charge is 0.382 e. The third-order valence-corrected chi connectivity index (χ3v) is 5.21. The standard InChI is InChI=1S/C22H18F4N6O2/c1-10-7-13(4-6-16(10)32-18-17(11(2)31-32)28-9-29-20(18)27)30-21(34)19(33)12-3-5-14(15(23)8-12)22(24,25)26/h3-9,19,33H,1-2H3,(H,30,34)(H2,27,28,29). The molecular formula is C22H18F4N6O2. The highest BCUT2D eigenvalue weighted by molar-refractivity contribution is 5.95. The van der Waals surface area contributed by atoms with Gasteiger partial charge in [-0.05, 0) is 55.3 Å². The second-order valence-corrected chi connectivity index (χ2v) is 7.58. The summed E-state index contributed by atoms with van der Waals surface area (Å²) < 4.78 is 53.6. The predicted molar refractivity (Wildman–Crippen MR) is 116 cm³/mol. The first-order valence-electron chi connectivity index (χ1n) is 9.89. The number of carbonyl (C=O) groups is 1. The Labute approximate surface area is 190 Å². The Morgan fingerprint density at radius 2 is 1.88 bits per heavy atom. The molecule has 1 amide bonds. The molecule has 0 saturated carbocycles. The maximum absolute atomic E-state index is 13.8. The molecule has 0 aliphatic heterocycles. The highest BCUT2D eigenvalue weighted by atomic mass is 19.4. The van der Waals surface area contributed by atoms with E-state index >= 15 is 0 Å². The lowest BCUT2D eigenvalue weighted by atomic mass is 10.0. The van der Waals surface area contributed by atoms with Crippen LogP contribution in [0.15, 0.2) is 42.7 Å². The zero-order valence-electron chi connectivity index (χ0n) is 17.9. The Morgan fingerprint density at radius 3 is 2.53 bits per heavy atom. The highest BCUT2D eigenvalue weighted by Gasteiger charge is 2.34. The fourth-order valence-corrected chi connectivity index (χ4v) is 3.55. The molecule has 0 aliphatic carbocycles. The Hall–Kier alpha value is -4.06. The summed E-state index contributed by atoms with van der Waals surface area (Å²) in [6, 6.07) is 6.62. The van der Waals surface area contributed by atoms with E-state index in [0.29, 0.717) is 45.8 Å². The van der Waals surface area contributed by atoms with Crippen LogP contribution in [0.4, 0.5) is 29.1 Å². The van der Waals surface area contributed by atoms with E-state index in [0.717, 1.165) is 6.07 Å². The van der Waals surface area contributed by atoms with Crippen LogP contribution in [-0.2, 0) is 11.0 Å². The number of alkyl halides is 3. The predicted octanol–water partition coefficient (Wildman–Crippen LogP) is 3.84. The number of carbonyl (C=O) groups excluding carboxylic acids is 1. The van der Waals surface area contributed by atoms with Crippen LogP contribution in [0.3, 0.4) is 0 Å². The molecule has 34 heavy (non-hydrogen) atoms. The molecule has 2 heterocycles. The molecule has 176 valence electrons. The van der Waals surface area contributed by atoms with Gasteiger partial charge in [-0.15, -0.1) is 0 Å². The molecular weight excluding hydrogens is 456 g/mol. The van der Waals surface area contributed by atoms with Crippen molar-refractivity contribution in [3.05, 3.63) is 70.9 Å². The number of benzene rings is 2. The van der Waals surface area contributed by atoms with Gasteiger partial charge >= 0.3 is 6.18 Å². The van der Waals surface area contributed by atoms with Crippen molar-refractivity contribution < 1.29 is 27.5 Å². The van der Waals surface area contributed by atoms with Gasteiger partial charge in [-0.25, -0.2) is 19.0 Å². The van der Waals surface area contributed by atoms with Gasteiger partial charge in [-0.1, -0.05) is 6.07 Å². The Morgan fingerprint density at radius 1 is 1.15 bits per heavy atom. The van der Waals surface area contributed by atoms with Crippen molar-refractivity contribution in [1.82, 2.24) is 19.7 Å². The number of aromatic nitrogens is 4. The van der Waals surface area contributed by atoms with Gasteiger partial charge in [-0.3, -0.25) is 4.79 Å². The summed E-state index contributed by atoms with van der Waals surface area (Å²) in [4.78, 5) is 20.6. The van der Waals surface area contributed by atoms with Crippen LogP contribution in [-0.4, -0.2) is 30.8 Å². The van der Waals surface area contributed by atoms with E-state index < -0.39 is 29.6 Å². The SMILES string of the molecule is Cc1cc(NC(=O)C(O)c2ccc(C(F)(F)F)c(F)c2)ccc1-n1nc(C)c2ncnc(N)c21. The number of hydrogen-bond acceptors (Lipinski definition) is 6. The molecule has 4 aromatic rings. The Kier molecular flexibility index (Phi) is 5.69. The van der Waals surface area contributed by atoms with Gasteiger partial charge in [0.05, 0.1) is 16.9 Å². The second-order valence-electron chi connectivity index (χ2n) is 7.58. The molecule has 1 unspecified atom stereocenters. The highest BCUT2D eigenvalue weighted by Crippen LogP contribution is 2.33. The minimum atomic E-state index is -4.88. The first-order chi connectivity index (χ1) is 16.0. The van der Waals surface area contributed by atoms with Crippen LogP contribution in [0.25, 0.3) is 16.7 Å². The number of nitrogens with two attached hydrogens (primary N) is 1. The molecule has 0 aliphatic rings. The number of aliphatic hydroxyl groups is 1. The zero-order valence-corrected chi connectivity index (χ0v) is 17.9. The first kappa shape index (κ1) is 23.1. The molecule has 0 spiro atoms. The maximum atomic E-state index is 13.8. The number of aryl methyl sites for hydroxylation is 2. The van der Waals surface area contributed by atoms with E-state index in [2.05, 4.69) is 20.4 Å². The Bertz CT molecular complexity index is 1420. The largest absolute Gasteiger partial charge is 0.419 e. The van der Waals surface area contributed by atoms with E-state index in [4.69, 9.17) is 5.73 Å². The normalized spacial score (nSPS) is 12.7. The second kappa shape index (κ2) is 8.37. The molecule has 12 heteroatoms. The molecule has 0 bridgehead atoms. The zero-order chi connectivity index (χ0) is 24.8. The van der Waals surface area contributed by atoms with E-state index in [-0.39, 0.29) is 11.4 Å². The van der Waals surface area contributed by atoms with Gasteiger partial charge in [0.2, 0.25) is 0 Å². The van der Waals surface area contributed by atoms with Gasteiger partial charge in [0.1, 0.15) is 23.2 Å². The summed E-state index contributed by atoms with van der Waals surface area (Å²) in [6.07, 6.45) is -5.42. The number of halogens is 4. The number of nitrogens with zero attached hydrogens (tertiary/aromatic N) is 4. The average Bonchev–Trinajstić information content (AvgIpc) is 3.10. The molecule has 0 radical (unpaired) electrons. The van der Waals surface area contributed by atoms with Gasteiger partial charge in [0, 0.05) is 5.69 Å². The number of fused-ring (bicyclic) bond motifs is 1. The van der Waals surface area contributed by atoms with Crippen LogP contribution >= 0.6 is 0 Å². The van der Waals surface area contributed by atoms with Crippen molar-refractivity contribution in [1.29, 1.82) is 0 Å². The van der Waals surface area contributed by atoms with E-state index in [9.17, 15) is 27.5 Å². The molecule has 4 rings (SSSR count). The maximum Gasteiger partial charge on any atom is 0.419 e. The van der Waals surface area contributed by atoms with Crippen molar-refractivity contribution in [2.45, 2.75) is 26.1 Å². The minimum absolute atomic E-state index is 0.245. The van der Waals surface area contributed by atoms with E-state index in [1.165, 1.54) is 6.33 Å². The van der Waals surface area contributed by atoms with Crippen LogP contribution < -0.4 is 11.1 Å². The fourth-order valence-electron chi connectivity index (χ4n) is 3.55. The van der Waals surface area contributed by atoms with Gasteiger partial charge in [0.25, 0.3) is 5.91 Å². The van der Waals surface area contributed by atoms with Crippen LogP contribution in [0.1, 0.15) is 28.5 Å². The van der Waals surface area contributed by atoms with Gasteiger partial charge in [-0.2, -0.15) is 18.3 Å².